The predicted molar refractivity (Wildman–Crippen MR) is 92.1 cm³/mol. The zero-order valence-electron chi connectivity index (χ0n) is 14.2. The molecule has 6 heteroatoms. The summed E-state index contributed by atoms with van der Waals surface area (Å²) in [5, 5.41) is 5.06. The van der Waals surface area contributed by atoms with E-state index in [0.29, 0.717) is 11.3 Å². The molecule has 1 saturated heterocycles. The lowest BCUT2D eigenvalue weighted by atomic mass is 9.96. The van der Waals surface area contributed by atoms with Crippen LogP contribution < -0.4 is 5.56 Å². The number of ether oxygens (including phenoxy) is 1. The van der Waals surface area contributed by atoms with Gasteiger partial charge in [-0.25, -0.2) is 9.67 Å². The third-order valence-electron chi connectivity index (χ3n) is 5.51. The van der Waals surface area contributed by atoms with Gasteiger partial charge in [0.2, 0.25) is 0 Å². The molecule has 2 aliphatic rings. The molecular weight excluding hydrogens is 304 g/mol. The van der Waals surface area contributed by atoms with Crippen molar-refractivity contribution in [2.45, 2.75) is 63.8 Å². The monoisotopic (exact) mass is 330 g/mol. The molecule has 1 aliphatic heterocycles. The van der Waals surface area contributed by atoms with Gasteiger partial charge in [-0.3, -0.25) is 4.79 Å². The van der Waals surface area contributed by atoms with E-state index in [4.69, 9.17) is 9.72 Å². The van der Waals surface area contributed by atoms with Gasteiger partial charge >= 0.3 is 0 Å². The van der Waals surface area contributed by atoms with E-state index in [9.17, 15) is 4.79 Å². The molecule has 0 atom stereocenters. The summed E-state index contributed by atoms with van der Waals surface area (Å²) in [6.07, 6.45) is 12.2. The van der Waals surface area contributed by atoms with Crippen LogP contribution in [0.1, 0.15) is 63.2 Å². The number of nitrogens with zero attached hydrogens (tertiary/aromatic N) is 3. The maximum absolute atomic E-state index is 12.4. The molecule has 6 nitrogen and oxygen atoms in total. The highest BCUT2D eigenvalue weighted by Crippen LogP contribution is 2.26. The van der Waals surface area contributed by atoms with Crippen LogP contribution in [0.5, 0.6) is 0 Å². The Bertz CT molecular complexity index is 737. The molecular formula is C18H26N4O2. The third-order valence-corrected chi connectivity index (χ3v) is 5.51. The number of aromatic amines is 1. The minimum Gasteiger partial charge on any atom is -0.381 e. The molecule has 1 aliphatic carbocycles. The van der Waals surface area contributed by atoms with Crippen molar-refractivity contribution < 1.29 is 4.74 Å². The number of nitrogens with one attached hydrogen (secondary N) is 1. The Balaban J connectivity index is 1.63. The SMILES string of the molecule is O=c1[nH]c(CC2CCCCCC2)nc2c1cnn2C1CCOCC1. The lowest BCUT2D eigenvalue weighted by Gasteiger charge is -2.22. The molecule has 4 rings (SSSR count). The quantitative estimate of drug-likeness (QED) is 0.878. The van der Waals surface area contributed by atoms with Crippen LogP contribution in [0.25, 0.3) is 11.0 Å². The van der Waals surface area contributed by atoms with Gasteiger partial charge in [0.05, 0.1) is 12.2 Å². The lowest BCUT2D eigenvalue weighted by molar-refractivity contribution is 0.0673. The van der Waals surface area contributed by atoms with Gasteiger partial charge in [-0.2, -0.15) is 5.10 Å². The first-order chi connectivity index (χ1) is 11.8. The molecule has 24 heavy (non-hydrogen) atoms. The van der Waals surface area contributed by atoms with Gasteiger partial charge < -0.3 is 9.72 Å². The molecule has 2 aromatic rings. The third kappa shape index (κ3) is 3.24. The number of hydrogen-bond donors (Lipinski definition) is 1. The molecule has 0 unspecified atom stereocenters. The second-order valence-corrected chi connectivity index (χ2v) is 7.24. The van der Waals surface area contributed by atoms with Crippen LogP contribution in [-0.2, 0) is 11.2 Å². The van der Waals surface area contributed by atoms with Crippen LogP contribution in [0.3, 0.4) is 0 Å². The Labute approximate surface area is 141 Å². The fraction of sp³-hybridized carbons (Fsp3) is 0.722. The highest BCUT2D eigenvalue weighted by Gasteiger charge is 2.21. The van der Waals surface area contributed by atoms with Gasteiger partial charge in [-0.15, -0.1) is 0 Å². The first kappa shape index (κ1) is 15.8. The molecule has 130 valence electrons. The Kier molecular flexibility index (Phi) is 4.65. The van der Waals surface area contributed by atoms with Gasteiger partial charge in [0.25, 0.3) is 5.56 Å². The second-order valence-electron chi connectivity index (χ2n) is 7.24. The smallest absolute Gasteiger partial charge is 0.262 e. The van der Waals surface area contributed by atoms with Crippen molar-refractivity contribution in [1.82, 2.24) is 19.7 Å². The summed E-state index contributed by atoms with van der Waals surface area (Å²) in [7, 11) is 0. The minimum absolute atomic E-state index is 0.0538. The van der Waals surface area contributed by atoms with E-state index >= 15 is 0 Å². The lowest BCUT2D eigenvalue weighted by Crippen LogP contribution is -2.22. The Morgan fingerprint density at radius 3 is 2.62 bits per heavy atom. The average molecular weight is 330 g/mol. The molecule has 2 aromatic heterocycles. The standard InChI is InChI=1S/C18H26N4O2/c23-18-15-12-19-22(14-7-9-24-10-8-14)17(15)20-16(21-18)11-13-5-3-1-2-4-6-13/h12-14H,1-11H2,(H,20,21,23). The summed E-state index contributed by atoms with van der Waals surface area (Å²) in [6.45, 7) is 1.51. The van der Waals surface area contributed by atoms with E-state index in [1.165, 1.54) is 38.5 Å². The zero-order chi connectivity index (χ0) is 16.4. The number of aromatic nitrogens is 4. The number of hydrogen-bond acceptors (Lipinski definition) is 4. The van der Waals surface area contributed by atoms with Crippen LogP contribution in [0.2, 0.25) is 0 Å². The maximum Gasteiger partial charge on any atom is 0.262 e. The van der Waals surface area contributed by atoms with Crippen molar-refractivity contribution in [1.29, 1.82) is 0 Å². The van der Waals surface area contributed by atoms with Crippen molar-refractivity contribution in [3.05, 3.63) is 22.4 Å². The van der Waals surface area contributed by atoms with Crippen molar-refractivity contribution in [3.8, 4) is 0 Å². The van der Waals surface area contributed by atoms with Crippen LogP contribution in [0.15, 0.2) is 11.0 Å². The Morgan fingerprint density at radius 1 is 1.12 bits per heavy atom. The van der Waals surface area contributed by atoms with E-state index in [2.05, 4.69) is 10.1 Å². The first-order valence-corrected chi connectivity index (χ1v) is 9.35. The summed E-state index contributed by atoms with van der Waals surface area (Å²) in [6, 6.07) is 0.288. The molecule has 1 N–H and O–H groups in total. The van der Waals surface area contributed by atoms with Crippen LogP contribution >= 0.6 is 0 Å². The molecule has 3 heterocycles. The van der Waals surface area contributed by atoms with Gasteiger partial charge in [0, 0.05) is 19.6 Å². The van der Waals surface area contributed by atoms with E-state index in [1.807, 2.05) is 4.68 Å². The maximum atomic E-state index is 12.4. The highest BCUT2D eigenvalue weighted by atomic mass is 16.5. The predicted octanol–water partition coefficient (Wildman–Crippen LogP) is 2.98. The number of rotatable bonds is 3. The largest absolute Gasteiger partial charge is 0.381 e. The van der Waals surface area contributed by atoms with E-state index in [0.717, 1.165) is 43.9 Å². The molecule has 1 saturated carbocycles. The molecule has 0 radical (unpaired) electrons. The van der Waals surface area contributed by atoms with E-state index in [-0.39, 0.29) is 11.6 Å². The van der Waals surface area contributed by atoms with Crippen LogP contribution in [0.4, 0.5) is 0 Å². The molecule has 0 spiro atoms. The number of fused-ring (bicyclic) bond motifs is 1. The fourth-order valence-corrected chi connectivity index (χ4v) is 4.12. The van der Waals surface area contributed by atoms with E-state index in [1.54, 1.807) is 6.20 Å². The summed E-state index contributed by atoms with van der Waals surface area (Å²) in [5.74, 6) is 1.47. The van der Waals surface area contributed by atoms with Gasteiger partial charge in [0.1, 0.15) is 11.2 Å². The summed E-state index contributed by atoms with van der Waals surface area (Å²) in [4.78, 5) is 20.2. The van der Waals surface area contributed by atoms with Crippen molar-refractivity contribution in [2.75, 3.05) is 13.2 Å². The summed E-state index contributed by atoms with van der Waals surface area (Å²) in [5.41, 5.74) is 0.691. The van der Waals surface area contributed by atoms with E-state index < -0.39 is 0 Å². The Morgan fingerprint density at radius 2 is 1.88 bits per heavy atom. The molecule has 2 fully saturated rings. The molecule has 0 bridgehead atoms. The number of H-pyrrole nitrogens is 1. The average Bonchev–Trinajstić information content (AvgIpc) is 2.86. The molecule has 0 amide bonds. The summed E-state index contributed by atoms with van der Waals surface area (Å²) < 4.78 is 7.39. The fourth-order valence-electron chi connectivity index (χ4n) is 4.12. The van der Waals surface area contributed by atoms with Crippen molar-refractivity contribution >= 4 is 11.0 Å². The second kappa shape index (κ2) is 7.05. The highest BCUT2D eigenvalue weighted by molar-refractivity contribution is 5.73. The van der Waals surface area contributed by atoms with Gasteiger partial charge in [0.15, 0.2) is 5.65 Å². The van der Waals surface area contributed by atoms with Crippen molar-refractivity contribution in [3.63, 3.8) is 0 Å². The summed E-state index contributed by atoms with van der Waals surface area (Å²) >= 11 is 0. The Hall–Kier alpha value is -1.69. The van der Waals surface area contributed by atoms with Crippen LogP contribution in [-0.4, -0.2) is 33.0 Å². The van der Waals surface area contributed by atoms with Crippen molar-refractivity contribution in [2.24, 2.45) is 5.92 Å². The topological polar surface area (TPSA) is 72.8 Å². The van der Waals surface area contributed by atoms with Gasteiger partial charge in [-0.1, -0.05) is 38.5 Å². The normalized spacial score (nSPS) is 21.2. The van der Waals surface area contributed by atoms with Crippen LogP contribution in [0, 0.1) is 5.92 Å². The zero-order valence-corrected chi connectivity index (χ0v) is 14.2. The minimum atomic E-state index is -0.0538. The molecule has 0 aromatic carbocycles. The first-order valence-electron chi connectivity index (χ1n) is 9.35. The van der Waals surface area contributed by atoms with Gasteiger partial charge in [-0.05, 0) is 18.8 Å².